The van der Waals surface area contributed by atoms with E-state index < -0.39 is 17.5 Å². The number of hydrogen-bond donors (Lipinski definition) is 2. The maximum absolute atomic E-state index is 14.7. The molecule has 0 aliphatic carbocycles. The van der Waals surface area contributed by atoms with Crippen LogP contribution < -0.4 is 5.32 Å². The SMILES string of the molecule is CC(C)(C)OC(=O)NC(=N)c1cc(F)c(Cn2ccc3ncccc32)c(Cl)c1. The summed E-state index contributed by atoms with van der Waals surface area (Å²) in [4.78, 5) is 16.1. The summed E-state index contributed by atoms with van der Waals surface area (Å²) in [5.41, 5.74) is 1.40. The van der Waals surface area contributed by atoms with E-state index >= 15 is 0 Å². The summed E-state index contributed by atoms with van der Waals surface area (Å²) in [6.07, 6.45) is 2.72. The number of benzene rings is 1. The van der Waals surface area contributed by atoms with Gasteiger partial charge in [-0.15, -0.1) is 0 Å². The number of carbonyl (C=O) groups is 1. The fourth-order valence-electron chi connectivity index (χ4n) is 2.71. The lowest BCUT2D eigenvalue weighted by Gasteiger charge is -2.20. The molecule has 0 aliphatic rings. The molecule has 3 rings (SSSR count). The zero-order valence-electron chi connectivity index (χ0n) is 15.7. The monoisotopic (exact) mass is 402 g/mol. The first-order valence-electron chi connectivity index (χ1n) is 8.61. The van der Waals surface area contributed by atoms with Crippen LogP contribution in [-0.2, 0) is 11.3 Å². The maximum atomic E-state index is 14.7. The Labute approximate surface area is 166 Å². The molecule has 0 unspecified atom stereocenters. The van der Waals surface area contributed by atoms with E-state index in [9.17, 15) is 9.18 Å². The van der Waals surface area contributed by atoms with Crippen LogP contribution in [0, 0.1) is 11.2 Å². The van der Waals surface area contributed by atoms with Gasteiger partial charge in [-0.1, -0.05) is 11.6 Å². The molecule has 2 heterocycles. The summed E-state index contributed by atoms with van der Waals surface area (Å²) in [5, 5.41) is 10.4. The van der Waals surface area contributed by atoms with Crippen LogP contribution in [0.3, 0.4) is 0 Å². The highest BCUT2D eigenvalue weighted by Crippen LogP contribution is 2.25. The smallest absolute Gasteiger partial charge is 0.413 e. The first-order valence-corrected chi connectivity index (χ1v) is 8.98. The van der Waals surface area contributed by atoms with Gasteiger partial charge in [-0.2, -0.15) is 0 Å². The molecule has 2 aromatic heterocycles. The molecule has 0 bridgehead atoms. The third kappa shape index (κ3) is 4.48. The van der Waals surface area contributed by atoms with Crippen LogP contribution in [0.1, 0.15) is 31.9 Å². The van der Waals surface area contributed by atoms with E-state index in [0.717, 1.165) is 11.0 Å². The van der Waals surface area contributed by atoms with Crippen LogP contribution in [0.25, 0.3) is 11.0 Å². The van der Waals surface area contributed by atoms with Crippen molar-refractivity contribution in [1.29, 1.82) is 5.41 Å². The van der Waals surface area contributed by atoms with Crippen molar-refractivity contribution in [2.45, 2.75) is 32.9 Å². The summed E-state index contributed by atoms with van der Waals surface area (Å²) in [7, 11) is 0. The van der Waals surface area contributed by atoms with Gasteiger partial charge in [-0.25, -0.2) is 9.18 Å². The van der Waals surface area contributed by atoms with Crippen molar-refractivity contribution < 1.29 is 13.9 Å². The first-order chi connectivity index (χ1) is 13.1. The van der Waals surface area contributed by atoms with Crippen molar-refractivity contribution in [3.8, 4) is 0 Å². The number of aromatic nitrogens is 2. The van der Waals surface area contributed by atoms with Gasteiger partial charge in [-0.05, 0) is 51.1 Å². The van der Waals surface area contributed by atoms with Crippen molar-refractivity contribution in [2.75, 3.05) is 0 Å². The third-order valence-corrected chi connectivity index (χ3v) is 4.26. The molecule has 3 aromatic rings. The molecule has 0 fully saturated rings. The lowest BCUT2D eigenvalue weighted by atomic mass is 10.1. The van der Waals surface area contributed by atoms with E-state index in [4.69, 9.17) is 21.7 Å². The van der Waals surface area contributed by atoms with Crippen LogP contribution in [0.15, 0.2) is 42.7 Å². The fraction of sp³-hybridized carbons (Fsp3) is 0.250. The highest BCUT2D eigenvalue weighted by molar-refractivity contribution is 6.31. The van der Waals surface area contributed by atoms with Gasteiger partial charge in [-0.3, -0.25) is 15.7 Å². The van der Waals surface area contributed by atoms with E-state index in [0.29, 0.717) is 0 Å². The Morgan fingerprint density at radius 3 is 2.79 bits per heavy atom. The molecule has 0 spiro atoms. The van der Waals surface area contributed by atoms with Crippen molar-refractivity contribution in [3.05, 3.63) is 64.7 Å². The molecule has 6 nitrogen and oxygen atoms in total. The van der Waals surface area contributed by atoms with Gasteiger partial charge in [0.15, 0.2) is 0 Å². The van der Waals surface area contributed by atoms with Gasteiger partial charge in [0.1, 0.15) is 17.3 Å². The second kappa shape index (κ2) is 7.59. The second-order valence-corrected chi connectivity index (χ2v) is 7.68. The van der Waals surface area contributed by atoms with Gasteiger partial charge in [0, 0.05) is 28.5 Å². The van der Waals surface area contributed by atoms with E-state index in [1.165, 1.54) is 12.1 Å². The number of fused-ring (bicyclic) bond motifs is 1. The highest BCUT2D eigenvalue weighted by atomic mass is 35.5. The molecule has 0 saturated heterocycles. The number of hydrogen-bond acceptors (Lipinski definition) is 4. The lowest BCUT2D eigenvalue weighted by molar-refractivity contribution is 0.0563. The molecule has 8 heteroatoms. The van der Waals surface area contributed by atoms with Gasteiger partial charge < -0.3 is 9.30 Å². The zero-order valence-corrected chi connectivity index (χ0v) is 16.5. The van der Waals surface area contributed by atoms with Crippen molar-refractivity contribution in [1.82, 2.24) is 14.9 Å². The first kappa shape index (κ1) is 19.8. The Morgan fingerprint density at radius 2 is 2.11 bits per heavy atom. The quantitative estimate of drug-likeness (QED) is 0.491. The Balaban J connectivity index is 1.81. The summed E-state index contributed by atoms with van der Waals surface area (Å²) in [6.45, 7) is 5.35. The average molecular weight is 403 g/mol. The molecule has 1 aromatic carbocycles. The molecular formula is C20H20ClFN4O2. The van der Waals surface area contributed by atoms with E-state index in [2.05, 4.69) is 10.3 Å². The van der Waals surface area contributed by atoms with Gasteiger partial charge in [0.05, 0.1) is 17.6 Å². The van der Waals surface area contributed by atoms with Crippen LogP contribution in [0.4, 0.5) is 9.18 Å². The predicted octanol–water partition coefficient (Wildman–Crippen LogP) is 4.73. The lowest BCUT2D eigenvalue weighted by Crippen LogP contribution is -2.36. The predicted molar refractivity (Wildman–Crippen MR) is 106 cm³/mol. The highest BCUT2D eigenvalue weighted by Gasteiger charge is 2.19. The number of carbonyl (C=O) groups excluding carboxylic acids is 1. The van der Waals surface area contributed by atoms with Crippen molar-refractivity contribution >= 4 is 34.6 Å². The Bertz CT molecular complexity index is 1030. The number of ether oxygens (including phenoxy) is 1. The van der Waals surface area contributed by atoms with Crippen LogP contribution in [0.2, 0.25) is 5.02 Å². The molecule has 2 N–H and O–H groups in total. The zero-order chi connectivity index (χ0) is 20.5. The van der Waals surface area contributed by atoms with E-state index in [-0.39, 0.29) is 28.5 Å². The topological polar surface area (TPSA) is 80.0 Å². The van der Waals surface area contributed by atoms with Crippen molar-refractivity contribution in [2.24, 2.45) is 0 Å². The number of amides is 1. The molecule has 28 heavy (non-hydrogen) atoms. The molecule has 0 radical (unpaired) electrons. The molecule has 1 amide bonds. The minimum absolute atomic E-state index is 0.149. The molecule has 0 atom stereocenters. The summed E-state index contributed by atoms with van der Waals surface area (Å²) in [6, 6.07) is 8.16. The number of nitrogens with zero attached hydrogens (tertiary/aromatic N) is 2. The largest absolute Gasteiger partial charge is 0.444 e. The van der Waals surface area contributed by atoms with Crippen LogP contribution >= 0.6 is 11.6 Å². The summed E-state index contributed by atoms with van der Waals surface area (Å²) < 4.78 is 21.7. The standard InChI is InChI=1S/C20H20ClFN4O2/c1-20(2,3)28-19(27)25-18(23)12-9-14(21)13(15(22)10-12)11-26-8-6-16-17(26)5-4-7-24-16/h4-10H,11H2,1-3H3,(H2,23,25,27). The van der Waals surface area contributed by atoms with Gasteiger partial charge >= 0.3 is 6.09 Å². The minimum atomic E-state index is -0.788. The number of rotatable bonds is 3. The van der Waals surface area contributed by atoms with Crippen molar-refractivity contribution in [3.63, 3.8) is 0 Å². The summed E-state index contributed by atoms with van der Waals surface area (Å²) in [5.74, 6) is -0.860. The number of nitrogens with one attached hydrogen (secondary N) is 2. The van der Waals surface area contributed by atoms with Crippen LogP contribution in [-0.4, -0.2) is 27.1 Å². The Kier molecular flexibility index (Phi) is 5.38. The Hall–Kier alpha value is -2.93. The second-order valence-electron chi connectivity index (χ2n) is 7.27. The third-order valence-electron chi connectivity index (χ3n) is 3.92. The van der Waals surface area contributed by atoms with E-state index in [1.807, 2.05) is 29.0 Å². The Morgan fingerprint density at radius 1 is 1.36 bits per heavy atom. The normalized spacial score (nSPS) is 11.5. The van der Waals surface area contributed by atoms with Gasteiger partial charge in [0.25, 0.3) is 0 Å². The van der Waals surface area contributed by atoms with Crippen LogP contribution in [0.5, 0.6) is 0 Å². The maximum Gasteiger partial charge on any atom is 0.413 e. The fourth-order valence-corrected chi connectivity index (χ4v) is 2.97. The average Bonchev–Trinajstić information content (AvgIpc) is 2.99. The number of pyridine rings is 1. The van der Waals surface area contributed by atoms with Gasteiger partial charge in [0.2, 0.25) is 0 Å². The molecule has 0 aliphatic heterocycles. The number of amidine groups is 1. The summed E-state index contributed by atoms with van der Waals surface area (Å²) >= 11 is 6.28. The molecular weight excluding hydrogens is 383 g/mol. The molecule has 0 saturated carbocycles. The number of halogens is 2. The van der Waals surface area contributed by atoms with E-state index in [1.54, 1.807) is 27.0 Å². The molecule has 146 valence electrons. The minimum Gasteiger partial charge on any atom is -0.444 e. The number of alkyl carbamates (subject to hydrolysis) is 1.